The van der Waals surface area contributed by atoms with E-state index in [2.05, 4.69) is 15.0 Å². The SMILES string of the molecule is CCOC(=O)c1nc(C(=O)OCC)nc(C(Cl)(Cl)Cl)n1. The fourth-order valence-corrected chi connectivity index (χ4v) is 1.33. The summed E-state index contributed by atoms with van der Waals surface area (Å²) in [4.78, 5) is 34.2. The zero-order valence-electron chi connectivity index (χ0n) is 10.5. The predicted octanol–water partition coefficient (Wildman–Crippen LogP) is 2.05. The lowest BCUT2D eigenvalue weighted by molar-refractivity contribution is 0.0499. The molecule has 0 bridgehead atoms. The van der Waals surface area contributed by atoms with Crippen molar-refractivity contribution in [1.29, 1.82) is 0 Å². The van der Waals surface area contributed by atoms with E-state index in [1.807, 2.05) is 0 Å². The Morgan fingerprint density at radius 3 is 1.65 bits per heavy atom. The number of rotatable bonds is 4. The van der Waals surface area contributed by atoms with Crippen LogP contribution in [-0.2, 0) is 13.3 Å². The Hall–Kier alpha value is -1.18. The average molecular weight is 343 g/mol. The van der Waals surface area contributed by atoms with E-state index in [0.29, 0.717) is 0 Å². The van der Waals surface area contributed by atoms with Crippen molar-refractivity contribution < 1.29 is 19.1 Å². The lowest BCUT2D eigenvalue weighted by Crippen LogP contribution is -2.21. The zero-order valence-corrected chi connectivity index (χ0v) is 12.8. The molecular weight excluding hydrogens is 332 g/mol. The third-order valence-electron chi connectivity index (χ3n) is 1.80. The zero-order chi connectivity index (χ0) is 15.3. The van der Waals surface area contributed by atoms with Crippen molar-refractivity contribution in [2.45, 2.75) is 17.6 Å². The highest BCUT2D eigenvalue weighted by Gasteiger charge is 2.31. The lowest BCUT2D eigenvalue weighted by Gasteiger charge is -2.11. The van der Waals surface area contributed by atoms with Crippen LogP contribution in [0.3, 0.4) is 0 Å². The van der Waals surface area contributed by atoms with Crippen molar-refractivity contribution in [3.8, 4) is 0 Å². The molecule has 0 amide bonds. The Bertz CT molecular complexity index is 483. The van der Waals surface area contributed by atoms with Crippen molar-refractivity contribution >= 4 is 46.7 Å². The van der Waals surface area contributed by atoms with E-state index in [0.717, 1.165) is 0 Å². The normalized spacial score (nSPS) is 11.1. The maximum Gasteiger partial charge on any atom is 0.376 e. The third kappa shape index (κ3) is 4.43. The number of ether oxygens (including phenoxy) is 2. The number of carbonyl (C=O) groups is 2. The van der Waals surface area contributed by atoms with Gasteiger partial charge in [0.2, 0.25) is 15.4 Å². The third-order valence-corrected chi connectivity index (χ3v) is 2.31. The Kier molecular flexibility index (Phi) is 5.91. The molecule has 0 fully saturated rings. The van der Waals surface area contributed by atoms with Crippen LogP contribution in [0.25, 0.3) is 0 Å². The van der Waals surface area contributed by atoms with Gasteiger partial charge >= 0.3 is 11.9 Å². The van der Waals surface area contributed by atoms with Gasteiger partial charge in [-0.05, 0) is 13.8 Å². The molecule has 7 nitrogen and oxygen atoms in total. The van der Waals surface area contributed by atoms with Gasteiger partial charge in [0.15, 0.2) is 5.82 Å². The average Bonchev–Trinajstić information content (AvgIpc) is 2.37. The van der Waals surface area contributed by atoms with Crippen molar-refractivity contribution in [3.05, 3.63) is 17.5 Å². The number of aromatic nitrogens is 3. The second-order valence-electron chi connectivity index (χ2n) is 3.24. The summed E-state index contributed by atoms with van der Waals surface area (Å²) >= 11 is 16.9. The molecule has 0 atom stereocenters. The molecule has 0 aliphatic heterocycles. The van der Waals surface area contributed by atoms with Crippen molar-refractivity contribution in [2.75, 3.05) is 13.2 Å². The van der Waals surface area contributed by atoms with E-state index in [9.17, 15) is 9.59 Å². The summed E-state index contributed by atoms with van der Waals surface area (Å²) < 4.78 is 7.41. The maximum atomic E-state index is 11.6. The van der Waals surface area contributed by atoms with Gasteiger partial charge in [-0.3, -0.25) is 0 Å². The van der Waals surface area contributed by atoms with Crippen LogP contribution in [0.15, 0.2) is 0 Å². The van der Waals surface area contributed by atoms with Gasteiger partial charge in [-0.1, -0.05) is 34.8 Å². The van der Waals surface area contributed by atoms with Crippen LogP contribution < -0.4 is 0 Å². The molecule has 0 saturated heterocycles. The molecular formula is C10H10Cl3N3O4. The molecule has 0 aliphatic carbocycles. The molecule has 110 valence electrons. The molecule has 1 rings (SSSR count). The standard InChI is InChI=1S/C10H10Cl3N3O4/c1-3-19-7(17)5-14-6(8(18)20-4-2)16-9(15-5)10(11,12)13/h3-4H2,1-2H3. The lowest BCUT2D eigenvalue weighted by atomic mass is 10.5. The fourth-order valence-electron chi connectivity index (χ4n) is 1.08. The first-order chi connectivity index (χ1) is 9.29. The Morgan fingerprint density at radius 1 is 0.950 bits per heavy atom. The molecule has 1 aromatic rings. The highest BCUT2D eigenvalue weighted by atomic mass is 35.6. The maximum absolute atomic E-state index is 11.6. The number of hydrogen-bond donors (Lipinski definition) is 0. The van der Waals surface area contributed by atoms with Crippen LogP contribution in [0.2, 0.25) is 0 Å². The van der Waals surface area contributed by atoms with Crippen molar-refractivity contribution in [1.82, 2.24) is 15.0 Å². The summed E-state index contributed by atoms with van der Waals surface area (Å²) in [6, 6.07) is 0. The minimum atomic E-state index is -2.02. The molecule has 0 spiro atoms. The van der Waals surface area contributed by atoms with E-state index in [-0.39, 0.29) is 19.0 Å². The number of nitrogens with zero attached hydrogens (tertiary/aromatic N) is 3. The van der Waals surface area contributed by atoms with Crippen LogP contribution in [0.4, 0.5) is 0 Å². The monoisotopic (exact) mass is 341 g/mol. The molecule has 0 unspecified atom stereocenters. The molecule has 0 N–H and O–H groups in total. The summed E-state index contributed by atoms with van der Waals surface area (Å²) in [5.41, 5.74) is 0. The number of esters is 2. The number of hydrogen-bond acceptors (Lipinski definition) is 7. The van der Waals surface area contributed by atoms with Gasteiger partial charge in [-0.15, -0.1) is 0 Å². The number of alkyl halides is 3. The van der Waals surface area contributed by atoms with E-state index < -0.39 is 27.4 Å². The second kappa shape index (κ2) is 7.01. The molecule has 10 heteroatoms. The highest BCUT2D eigenvalue weighted by molar-refractivity contribution is 6.66. The molecule has 0 saturated carbocycles. The molecule has 1 aromatic heterocycles. The van der Waals surface area contributed by atoms with Gasteiger partial charge in [0.1, 0.15) is 0 Å². The van der Waals surface area contributed by atoms with Crippen LogP contribution in [0, 0.1) is 0 Å². The van der Waals surface area contributed by atoms with Gasteiger partial charge in [-0.2, -0.15) is 4.98 Å². The Labute approximate surface area is 129 Å². The predicted molar refractivity (Wildman–Crippen MR) is 71.0 cm³/mol. The second-order valence-corrected chi connectivity index (χ2v) is 5.53. The van der Waals surface area contributed by atoms with Crippen LogP contribution >= 0.6 is 34.8 Å². The molecule has 0 aromatic carbocycles. The van der Waals surface area contributed by atoms with Gasteiger partial charge in [0.05, 0.1) is 13.2 Å². The minimum Gasteiger partial charge on any atom is -0.460 e. The number of carbonyl (C=O) groups excluding carboxylic acids is 2. The first-order valence-electron chi connectivity index (χ1n) is 5.47. The first-order valence-corrected chi connectivity index (χ1v) is 6.60. The molecule has 0 aliphatic rings. The van der Waals surface area contributed by atoms with E-state index in [4.69, 9.17) is 44.3 Å². The van der Waals surface area contributed by atoms with E-state index in [1.54, 1.807) is 13.8 Å². The smallest absolute Gasteiger partial charge is 0.376 e. The Balaban J connectivity index is 3.28. The molecule has 0 radical (unpaired) electrons. The largest absolute Gasteiger partial charge is 0.460 e. The quantitative estimate of drug-likeness (QED) is 0.611. The van der Waals surface area contributed by atoms with Gasteiger partial charge < -0.3 is 9.47 Å². The minimum absolute atomic E-state index is 0.0996. The molecule has 1 heterocycles. The van der Waals surface area contributed by atoms with E-state index in [1.165, 1.54) is 0 Å². The highest BCUT2D eigenvalue weighted by Crippen LogP contribution is 2.35. The first kappa shape index (κ1) is 16.9. The van der Waals surface area contributed by atoms with Crippen LogP contribution in [0.5, 0.6) is 0 Å². The number of halogens is 3. The van der Waals surface area contributed by atoms with Crippen molar-refractivity contribution in [3.63, 3.8) is 0 Å². The van der Waals surface area contributed by atoms with Crippen molar-refractivity contribution in [2.24, 2.45) is 0 Å². The van der Waals surface area contributed by atoms with Gasteiger partial charge in [0.25, 0.3) is 0 Å². The van der Waals surface area contributed by atoms with Gasteiger partial charge in [0, 0.05) is 0 Å². The topological polar surface area (TPSA) is 91.3 Å². The summed E-state index contributed by atoms with van der Waals surface area (Å²) in [6.45, 7) is 3.40. The summed E-state index contributed by atoms with van der Waals surface area (Å²) in [5.74, 6) is -2.98. The molecule has 20 heavy (non-hydrogen) atoms. The van der Waals surface area contributed by atoms with Crippen LogP contribution in [-0.4, -0.2) is 40.1 Å². The Morgan fingerprint density at radius 2 is 1.35 bits per heavy atom. The van der Waals surface area contributed by atoms with Gasteiger partial charge in [-0.25, -0.2) is 19.6 Å². The summed E-state index contributed by atoms with van der Waals surface area (Å²) in [7, 11) is 0. The summed E-state index contributed by atoms with van der Waals surface area (Å²) in [6.07, 6.45) is 0. The van der Waals surface area contributed by atoms with E-state index >= 15 is 0 Å². The summed E-state index contributed by atoms with van der Waals surface area (Å²) in [5, 5.41) is 0. The fraction of sp³-hybridized carbons (Fsp3) is 0.500. The van der Waals surface area contributed by atoms with Crippen LogP contribution in [0.1, 0.15) is 40.9 Å².